The van der Waals surface area contributed by atoms with E-state index < -0.39 is 0 Å². The number of benzene rings is 2. The first-order valence-electron chi connectivity index (χ1n) is 7.12. The van der Waals surface area contributed by atoms with Crippen LogP contribution >= 0.6 is 0 Å². The van der Waals surface area contributed by atoms with Gasteiger partial charge in [0, 0.05) is 29.3 Å². The maximum Gasteiger partial charge on any atom is 0.231 e. The van der Waals surface area contributed by atoms with E-state index in [1.165, 1.54) is 0 Å². The molecule has 1 N–H and O–H groups in total. The molecule has 5 heteroatoms. The Morgan fingerprint density at radius 3 is 2.77 bits per heavy atom. The van der Waals surface area contributed by atoms with Crippen LogP contribution in [-0.4, -0.2) is 19.7 Å². The van der Waals surface area contributed by atoms with Crippen molar-refractivity contribution in [3.05, 3.63) is 47.5 Å². The first kappa shape index (κ1) is 13.0. The number of nitrogens with one attached hydrogen (secondary N) is 1. The Hall–Kier alpha value is -2.69. The molecule has 2 aliphatic heterocycles. The van der Waals surface area contributed by atoms with Crippen LogP contribution in [0.5, 0.6) is 17.2 Å². The summed E-state index contributed by atoms with van der Waals surface area (Å²) in [5, 5.41) is 3.41. The first-order chi connectivity index (χ1) is 10.8. The van der Waals surface area contributed by atoms with E-state index in [4.69, 9.17) is 14.2 Å². The second-order valence-electron chi connectivity index (χ2n) is 5.32. The number of carbonyl (C=O) groups is 1. The summed E-state index contributed by atoms with van der Waals surface area (Å²) in [4.78, 5) is 12.5. The third-order valence-corrected chi connectivity index (χ3v) is 4.05. The van der Waals surface area contributed by atoms with E-state index >= 15 is 0 Å². The molecule has 0 amide bonds. The lowest BCUT2D eigenvalue weighted by Gasteiger charge is -2.27. The molecule has 0 radical (unpaired) electrons. The number of ether oxygens (including phenoxy) is 3. The van der Waals surface area contributed by atoms with Gasteiger partial charge in [-0.2, -0.15) is 0 Å². The highest BCUT2D eigenvalue weighted by Gasteiger charge is 2.30. The number of anilines is 1. The Kier molecular flexibility index (Phi) is 2.92. The predicted molar refractivity (Wildman–Crippen MR) is 80.9 cm³/mol. The molecule has 2 aromatic carbocycles. The number of para-hydroxylation sites is 1. The minimum atomic E-state index is -0.114. The zero-order valence-corrected chi connectivity index (χ0v) is 12.1. The first-order valence-corrected chi connectivity index (χ1v) is 7.12. The van der Waals surface area contributed by atoms with Gasteiger partial charge in [-0.1, -0.05) is 18.2 Å². The van der Waals surface area contributed by atoms with Crippen molar-refractivity contribution in [2.45, 2.75) is 12.5 Å². The lowest BCUT2D eigenvalue weighted by atomic mass is 9.91. The van der Waals surface area contributed by atoms with Gasteiger partial charge in [0.25, 0.3) is 0 Å². The molecule has 0 saturated heterocycles. The van der Waals surface area contributed by atoms with E-state index in [0.717, 1.165) is 17.0 Å². The summed E-state index contributed by atoms with van der Waals surface area (Å²) in [5.41, 5.74) is 2.40. The van der Waals surface area contributed by atoms with Gasteiger partial charge in [0.05, 0.1) is 13.2 Å². The molecule has 0 bridgehead atoms. The van der Waals surface area contributed by atoms with Gasteiger partial charge < -0.3 is 19.5 Å². The smallest absolute Gasteiger partial charge is 0.231 e. The normalized spacial score (nSPS) is 18.6. The molecule has 2 aromatic rings. The number of Topliss-reactive ketones (excluding diaryl/α,β-unsaturated/α-hetero) is 1. The summed E-state index contributed by atoms with van der Waals surface area (Å²) in [7, 11) is 1.63. The molecule has 0 aromatic heterocycles. The number of carbonyl (C=O) groups excluding carboxylic acids is 1. The van der Waals surface area contributed by atoms with Crippen molar-refractivity contribution >= 4 is 11.5 Å². The van der Waals surface area contributed by atoms with Crippen LogP contribution in [0.3, 0.4) is 0 Å². The van der Waals surface area contributed by atoms with Crippen molar-refractivity contribution in [2.24, 2.45) is 0 Å². The van der Waals surface area contributed by atoms with Crippen LogP contribution in [-0.2, 0) is 0 Å². The van der Waals surface area contributed by atoms with Gasteiger partial charge in [-0.05, 0) is 12.1 Å². The van der Waals surface area contributed by atoms with E-state index in [9.17, 15) is 4.79 Å². The fourth-order valence-corrected chi connectivity index (χ4v) is 2.97. The highest BCUT2D eigenvalue weighted by molar-refractivity contribution is 6.04. The van der Waals surface area contributed by atoms with Crippen LogP contribution in [0.2, 0.25) is 0 Å². The topological polar surface area (TPSA) is 56.8 Å². The van der Waals surface area contributed by atoms with Crippen molar-refractivity contribution in [3.63, 3.8) is 0 Å². The average Bonchev–Trinajstić information content (AvgIpc) is 3.00. The molecule has 0 fully saturated rings. The standard InChI is InChI=1S/C17H15NO4/c1-20-15-5-3-2-4-10(15)12-7-14(19)11-6-16-17(22-9-21-16)8-13(11)18-12/h2-6,8,12,18H,7,9H2,1H3. The summed E-state index contributed by atoms with van der Waals surface area (Å²) < 4.78 is 16.1. The highest BCUT2D eigenvalue weighted by Crippen LogP contribution is 2.42. The van der Waals surface area contributed by atoms with Crippen molar-refractivity contribution in [1.82, 2.24) is 0 Å². The Bertz CT molecular complexity index is 756. The molecular weight excluding hydrogens is 282 g/mol. The predicted octanol–water partition coefficient (Wildman–Crippen LogP) is 3.16. The highest BCUT2D eigenvalue weighted by atomic mass is 16.7. The zero-order chi connectivity index (χ0) is 15.1. The monoisotopic (exact) mass is 297 g/mol. The largest absolute Gasteiger partial charge is 0.496 e. The molecule has 0 saturated carbocycles. The molecule has 22 heavy (non-hydrogen) atoms. The Morgan fingerprint density at radius 2 is 1.95 bits per heavy atom. The van der Waals surface area contributed by atoms with Crippen LogP contribution in [0.1, 0.15) is 28.4 Å². The molecule has 1 unspecified atom stereocenters. The van der Waals surface area contributed by atoms with Crippen molar-refractivity contribution in [2.75, 3.05) is 19.2 Å². The molecule has 0 aliphatic carbocycles. The average molecular weight is 297 g/mol. The quantitative estimate of drug-likeness (QED) is 0.922. The van der Waals surface area contributed by atoms with Gasteiger partial charge in [0.15, 0.2) is 17.3 Å². The fourth-order valence-electron chi connectivity index (χ4n) is 2.97. The van der Waals surface area contributed by atoms with Gasteiger partial charge in [0.1, 0.15) is 5.75 Å². The lowest BCUT2D eigenvalue weighted by molar-refractivity contribution is 0.0971. The second-order valence-corrected chi connectivity index (χ2v) is 5.32. The van der Waals surface area contributed by atoms with Crippen molar-refractivity contribution in [1.29, 1.82) is 0 Å². The molecule has 2 heterocycles. The van der Waals surface area contributed by atoms with Crippen molar-refractivity contribution in [3.8, 4) is 17.2 Å². The maximum atomic E-state index is 12.5. The van der Waals surface area contributed by atoms with Gasteiger partial charge >= 0.3 is 0 Å². The van der Waals surface area contributed by atoms with E-state index in [0.29, 0.717) is 23.5 Å². The Morgan fingerprint density at radius 1 is 1.18 bits per heavy atom. The van der Waals surface area contributed by atoms with Crippen LogP contribution in [0.25, 0.3) is 0 Å². The summed E-state index contributed by atoms with van der Waals surface area (Å²) in [6.45, 7) is 0.197. The summed E-state index contributed by atoms with van der Waals surface area (Å²) in [6.07, 6.45) is 0.382. The molecule has 4 rings (SSSR count). The van der Waals surface area contributed by atoms with Gasteiger partial charge in [0.2, 0.25) is 6.79 Å². The van der Waals surface area contributed by atoms with Crippen LogP contribution in [0.15, 0.2) is 36.4 Å². The number of methoxy groups -OCH3 is 1. The Balaban J connectivity index is 1.74. The summed E-state index contributed by atoms with van der Waals surface area (Å²) in [5.74, 6) is 2.16. The summed E-state index contributed by atoms with van der Waals surface area (Å²) >= 11 is 0. The minimum Gasteiger partial charge on any atom is -0.496 e. The van der Waals surface area contributed by atoms with Crippen LogP contribution in [0, 0.1) is 0 Å². The Labute approximate surface area is 127 Å². The number of rotatable bonds is 2. The summed E-state index contributed by atoms with van der Waals surface area (Å²) in [6, 6.07) is 11.2. The molecular formula is C17H15NO4. The van der Waals surface area contributed by atoms with E-state index in [-0.39, 0.29) is 18.6 Å². The molecule has 5 nitrogen and oxygen atoms in total. The van der Waals surface area contributed by atoms with Crippen LogP contribution in [0.4, 0.5) is 5.69 Å². The van der Waals surface area contributed by atoms with Crippen LogP contribution < -0.4 is 19.5 Å². The lowest BCUT2D eigenvalue weighted by Crippen LogP contribution is -2.23. The minimum absolute atomic E-state index is 0.0861. The van der Waals surface area contributed by atoms with E-state index in [2.05, 4.69) is 5.32 Å². The van der Waals surface area contributed by atoms with E-state index in [1.807, 2.05) is 30.3 Å². The van der Waals surface area contributed by atoms with Crippen molar-refractivity contribution < 1.29 is 19.0 Å². The maximum absolute atomic E-state index is 12.5. The third kappa shape index (κ3) is 1.97. The van der Waals surface area contributed by atoms with Gasteiger partial charge in [-0.3, -0.25) is 4.79 Å². The second kappa shape index (κ2) is 4.94. The van der Waals surface area contributed by atoms with E-state index in [1.54, 1.807) is 13.2 Å². The number of fused-ring (bicyclic) bond motifs is 2. The zero-order valence-electron chi connectivity index (χ0n) is 12.1. The molecule has 112 valence electrons. The number of ketones is 1. The molecule has 2 aliphatic rings. The van der Waals surface area contributed by atoms with Gasteiger partial charge in [-0.25, -0.2) is 0 Å². The third-order valence-electron chi connectivity index (χ3n) is 4.05. The molecule has 1 atom stereocenters. The molecule has 0 spiro atoms. The number of hydrogen-bond donors (Lipinski definition) is 1. The fraction of sp³-hybridized carbons (Fsp3) is 0.235. The SMILES string of the molecule is COc1ccccc1C1CC(=O)c2cc3c(cc2N1)OCO3. The van der Waals surface area contributed by atoms with Gasteiger partial charge in [-0.15, -0.1) is 0 Å². The number of hydrogen-bond acceptors (Lipinski definition) is 5.